The summed E-state index contributed by atoms with van der Waals surface area (Å²) in [5.74, 6) is 0.129. The molecule has 0 saturated carbocycles. The monoisotopic (exact) mass is 211 g/mol. The van der Waals surface area contributed by atoms with Crippen molar-refractivity contribution in [3.05, 3.63) is 0 Å². The highest BCUT2D eigenvalue weighted by atomic mass is 35.5. The van der Waals surface area contributed by atoms with Crippen molar-refractivity contribution in [2.45, 2.75) is 6.42 Å². The quantitative estimate of drug-likeness (QED) is 0.276. The van der Waals surface area contributed by atoms with Gasteiger partial charge in [0.15, 0.2) is 9.84 Å². The Labute approximate surface area is 76.5 Å². The van der Waals surface area contributed by atoms with Gasteiger partial charge in [-0.05, 0) is 6.42 Å². The molecule has 6 heteroatoms. The number of aliphatic imine (C=N–C) groups is 1. The van der Waals surface area contributed by atoms with E-state index in [1.807, 2.05) is 0 Å². The second-order valence-electron chi connectivity index (χ2n) is 2.17. The maximum atomic E-state index is 11.0. The lowest BCUT2D eigenvalue weighted by Crippen LogP contribution is -2.12. The molecule has 0 spiro atoms. The topological polar surface area (TPSA) is 63.6 Å². The Balaban J connectivity index is 3.69. The summed E-state index contributed by atoms with van der Waals surface area (Å²) in [5.41, 5.74) is 0. The molecule has 0 aromatic rings. The van der Waals surface area contributed by atoms with Crippen LogP contribution in [0.5, 0.6) is 0 Å². The van der Waals surface area contributed by atoms with Crippen molar-refractivity contribution < 1.29 is 13.2 Å². The van der Waals surface area contributed by atoms with E-state index < -0.39 is 9.84 Å². The Morgan fingerprint density at radius 1 is 1.33 bits per heavy atom. The number of hydrogen-bond acceptors (Lipinski definition) is 4. The third kappa shape index (κ3) is 6.34. The largest absolute Gasteiger partial charge is 0.234 e. The van der Waals surface area contributed by atoms with E-state index in [4.69, 9.17) is 11.6 Å². The van der Waals surface area contributed by atoms with Gasteiger partial charge in [-0.1, -0.05) is 0 Å². The van der Waals surface area contributed by atoms with Crippen molar-refractivity contribution in [3.8, 4) is 0 Å². The van der Waals surface area contributed by atoms with Gasteiger partial charge in [0.1, 0.15) is 0 Å². The van der Waals surface area contributed by atoms with Crippen LogP contribution in [0, 0.1) is 0 Å². The molecule has 0 aliphatic rings. The van der Waals surface area contributed by atoms with Crippen molar-refractivity contribution in [2.24, 2.45) is 4.99 Å². The molecule has 12 heavy (non-hydrogen) atoms. The minimum absolute atomic E-state index is 0.0145. The minimum atomic E-state index is -3.03. The number of nitrogens with zero attached hydrogens (tertiary/aromatic N) is 1. The number of rotatable bonds is 6. The predicted octanol–water partition coefficient (Wildman–Crippen LogP) is 0.366. The Morgan fingerprint density at radius 3 is 2.50 bits per heavy atom. The average molecular weight is 212 g/mol. The highest BCUT2D eigenvalue weighted by Gasteiger charge is 2.08. The summed E-state index contributed by atoms with van der Waals surface area (Å²) in [6, 6.07) is 0. The van der Waals surface area contributed by atoms with Gasteiger partial charge in [-0.25, -0.2) is 18.2 Å². The molecule has 0 aromatic carbocycles. The van der Waals surface area contributed by atoms with E-state index in [1.165, 1.54) is 6.08 Å². The molecule has 0 amide bonds. The van der Waals surface area contributed by atoms with Gasteiger partial charge in [-0.2, -0.15) is 0 Å². The molecule has 0 bridgehead atoms. The number of halogens is 1. The number of isocyanates is 1. The number of carbonyl (C=O) groups excluding carboxylic acids is 1. The van der Waals surface area contributed by atoms with Gasteiger partial charge in [0.25, 0.3) is 0 Å². The molecular weight excluding hydrogens is 202 g/mol. The van der Waals surface area contributed by atoms with Gasteiger partial charge in [-0.15, -0.1) is 11.6 Å². The Hall–Kier alpha value is -0.380. The summed E-state index contributed by atoms with van der Waals surface area (Å²) in [6.07, 6.45) is 1.70. The van der Waals surface area contributed by atoms with Crippen LogP contribution in [0.2, 0.25) is 0 Å². The zero-order chi connectivity index (χ0) is 9.45. The van der Waals surface area contributed by atoms with Crippen LogP contribution in [0.3, 0.4) is 0 Å². The van der Waals surface area contributed by atoms with Gasteiger partial charge in [-0.3, -0.25) is 0 Å². The Bertz CT molecular complexity index is 256. The first-order chi connectivity index (χ1) is 5.62. The zero-order valence-corrected chi connectivity index (χ0v) is 8.07. The summed E-state index contributed by atoms with van der Waals surface area (Å²) in [5, 5.41) is 0. The molecule has 0 rings (SSSR count). The van der Waals surface area contributed by atoms with E-state index in [0.717, 1.165) is 0 Å². The van der Waals surface area contributed by atoms with E-state index in [9.17, 15) is 13.2 Å². The van der Waals surface area contributed by atoms with Crippen LogP contribution in [0.1, 0.15) is 6.42 Å². The van der Waals surface area contributed by atoms with Crippen LogP contribution in [0.25, 0.3) is 0 Å². The third-order valence-corrected chi connectivity index (χ3v) is 3.33. The Kier molecular flexibility index (Phi) is 5.98. The van der Waals surface area contributed by atoms with E-state index in [0.29, 0.717) is 6.42 Å². The molecule has 0 unspecified atom stereocenters. The smallest absolute Gasteiger partial charge is 0.229 e. The second-order valence-corrected chi connectivity index (χ2v) is 4.85. The molecule has 4 nitrogen and oxygen atoms in total. The number of sulfone groups is 1. The Morgan fingerprint density at radius 2 is 2.00 bits per heavy atom. The lowest BCUT2D eigenvalue weighted by atomic mass is 10.5. The standard InChI is InChI=1S/C6H10ClNO3S/c7-2-5-12(10,11)4-1-3-8-6-9/h1-5H2. The summed E-state index contributed by atoms with van der Waals surface area (Å²) < 4.78 is 21.9. The highest BCUT2D eigenvalue weighted by molar-refractivity contribution is 7.91. The lowest BCUT2D eigenvalue weighted by molar-refractivity contribution is 0.562. The zero-order valence-electron chi connectivity index (χ0n) is 6.49. The van der Waals surface area contributed by atoms with E-state index >= 15 is 0 Å². The predicted molar refractivity (Wildman–Crippen MR) is 47.0 cm³/mol. The van der Waals surface area contributed by atoms with Gasteiger partial charge in [0, 0.05) is 5.88 Å². The van der Waals surface area contributed by atoms with E-state index in [1.54, 1.807) is 0 Å². The maximum absolute atomic E-state index is 11.0. The fraction of sp³-hybridized carbons (Fsp3) is 0.833. The van der Waals surface area contributed by atoms with Gasteiger partial charge in [0.2, 0.25) is 6.08 Å². The average Bonchev–Trinajstić information content (AvgIpc) is 1.98. The molecule has 0 radical (unpaired) electrons. The lowest BCUT2D eigenvalue weighted by Gasteiger charge is -1.98. The first-order valence-electron chi connectivity index (χ1n) is 3.42. The molecule has 0 aromatic heterocycles. The van der Waals surface area contributed by atoms with Crippen molar-refractivity contribution in [1.82, 2.24) is 0 Å². The highest BCUT2D eigenvalue weighted by Crippen LogP contribution is 1.95. The van der Waals surface area contributed by atoms with Crippen LogP contribution in [-0.2, 0) is 14.6 Å². The van der Waals surface area contributed by atoms with E-state index in [-0.39, 0.29) is 23.9 Å². The fourth-order valence-electron chi connectivity index (χ4n) is 0.629. The van der Waals surface area contributed by atoms with Gasteiger partial charge in [0.05, 0.1) is 18.1 Å². The van der Waals surface area contributed by atoms with Crippen LogP contribution in [0.15, 0.2) is 4.99 Å². The van der Waals surface area contributed by atoms with Crippen molar-refractivity contribution >= 4 is 27.5 Å². The molecule has 0 heterocycles. The van der Waals surface area contributed by atoms with Gasteiger partial charge < -0.3 is 0 Å². The third-order valence-electron chi connectivity index (χ3n) is 1.18. The molecule has 70 valence electrons. The molecule has 0 aliphatic heterocycles. The first-order valence-corrected chi connectivity index (χ1v) is 5.78. The van der Waals surface area contributed by atoms with Crippen molar-refractivity contribution in [3.63, 3.8) is 0 Å². The molecule has 0 atom stereocenters. The number of hydrogen-bond donors (Lipinski definition) is 0. The van der Waals surface area contributed by atoms with Crippen LogP contribution < -0.4 is 0 Å². The second kappa shape index (κ2) is 6.17. The molecule has 0 saturated heterocycles. The van der Waals surface area contributed by atoms with E-state index in [2.05, 4.69) is 4.99 Å². The fourth-order valence-corrected chi connectivity index (χ4v) is 2.34. The summed E-state index contributed by atoms with van der Waals surface area (Å²) in [4.78, 5) is 12.8. The SMILES string of the molecule is O=C=NCCCS(=O)(=O)CCCl. The minimum Gasteiger partial charge on any atom is -0.229 e. The van der Waals surface area contributed by atoms with Crippen molar-refractivity contribution in [2.75, 3.05) is 23.9 Å². The molecule has 0 N–H and O–H groups in total. The van der Waals surface area contributed by atoms with Gasteiger partial charge >= 0.3 is 0 Å². The summed E-state index contributed by atoms with van der Waals surface area (Å²) in [6.45, 7) is 0.213. The van der Waals surface area contributed by atoms with Crippen LogP contribution in [0.4, 0.5) is 0 Å². The molecular formula is C6H10ClNO3S. The summed E-state index contributed by atoms with van der Waals surface area (Å²) >= 11 is 5.26. The van der Waals surface area contributed by atoms with Crippen molar-refractivity contribution in [1.29, 1.82) is 0 Å². The maximum Gasteiger partial charge on any atom is 0.234 e. The molecule has 0 fully saturated rings. The van der Waals surface area contributed by atoms with Crippen LogP contribution in [-0.4, -0.2) is 38.4 Å². The molecule has 0 aliphatic carbocycles. The van der Waals surface area contributed by atoms with Crippen LogP contribution >= 0.6 is 11.6 Å². The number of alkyl halides is 1. The first kappa shape index (κ1) is 11.6. The summed E-state index contributed by atoms with van der Waals surface area (Å²) in [7, 11) is -3.03. The normalized spacial score (nSPS) is 10.8.